The lowest BCUT2D eigenvalue weighted by molar-refractivity contribution is 0.292. The lowest BCUT2D eigenvalue weighted by atomic mass is 10.3. The molecule has 0 spiro atoms. The number of hydrogen-bond donors (Lipinski definition) is 0. The first kappa shape index (κ1) is 11.2. The second-order valence-electron chi connectivity index (χ2n) is 3.76. The highest BCUT2D eigenvalue weighted by Crippen LogP contribution is 2.24. The molecule has 0 aliphatic rings. The second-order valence-corrected chi connectivity index (χ2v) is 4.62. The largest absolute Gasteiger partial charge is 0.484 e. The van der Waals surface area contributed by atoms with E-state index < -0.39 is 0 Å². The number of aromatic nitrogens is 3. The van der Waals surface area contributed by atoms with E-state index in [9.17, 15) is 0 Å². The summed E-state index contributed by atoms with van der Waals surface area (Å²) < 4.78 is 8.56. The zero-order chi connectivity index (χ0) is 12.4. The van der Waals surface area contributed by atoms with Crippen molar-refractivity contribution < 1.29 is 4.74 Å². The second kappa shape index (κ2) is 4.78. The Bertz CT molecular complexity index is 681. The Morgan fingerprint density at radius 3 is 2.78 bits per heavy atom. The Labute approximate surface area is 112 Å². The van der Waals surface area contributed by atoms with Crippen LogP contribution in [0, 0.1) is 0 Å². The van der Waals surface area contributed by atoms with Crippen LogP contribution < -0.4 is 4.74 Å². The molecule has 2 heterocycles. The highest BCUT2D eigenvalue weighted by Gasteiger charge is 2.06. The molecule has 2 aromatic heterocycles. The first-order chi connectivity index (χ1) is 8.84. The predicted molar refractivity (Wildman–Crippen MR) is 71.5 cm³/mol. The lowest BCUT2D eigenvalue weighted by Crippen LogP contribution is -2.01. The normalized spacial score (nSPS) is 10.7. The van der Waals surface area contributed by atoms with Crippen LogP contribution in [0.4, 0.5) is 0 Å². The molecule has 0 radical (unpaired) electrons. The van der Waals surface area contributed by atoms with Gasteiger partial charge in [-0.15, -0.1) is 10.2 Å². The van der Waals surface area contributed by atoms with Crippen molar-refractivity contribution in [1.82, 2.24) is 14.6 Å². The summed E-state index contributed by atoms with van der Waals surface area (Å²) in [7, 11) is 0. The maximum Gasteiger partial charge on any atom is 0.175 e. The van der Waals surface area contributed by atoms with E-state index in [2.05, 4.69) is 26.1 Å². The monoisotopic (exact) mass is 303 g/mol. The summed E-state index contributed by atoms with van der Waals surface area (Å²) in [5.41, 5.74) is 0.822. The van der Waals surface area contributed by atoms with E-state index in [0.717, 1.165) is 21.7 Å². The van der Waals surface area contributed by atoms with Crippen molar-refractivity contribution in [3.05, 3.63) is 59.0 Å². The van der Waals surface area contributed by atoms with Crippen molar-refractivity contribution in [3.63, 3.8) is 0 Å². The Kier molecular flexibility index (Phi) is 2.98. The lowest BCUT2D eigenvalue weighted by Gasteiger charge is -2.06. The van der Waals surface area contributed by atoms with Crippen molar-refractivity contribution in [2.45, 2.75) is 6.61 Å². The number of hydrogen-bond acceptors (Lipinski definition) is 3. The minimum absolute atomic E-state index is 0.383. The van der Waals surface area contributed by atoms with Crippen molar-refractivity contribution >= 4 is 21.6 Å². The first-order valence-corrected chi connectivity index (χ1v) is 6.30. The van der Waals surface area contributed by atoms with Gasteiger partial charge in [-0.1, -0.05) is 18.2 Å². The zero-order valence-electron chi connectivity index (χ0n) is 9.45. The Balaban J connectivity index is 1.83. The van der Waals surface area contributed by atoms with Gasteiger partial charge in [0, 0.05) is 6.20 Å². The summed E-state index contributed by atoms with van der Waals surface area (Å²) >= 11 is 3.44. The molecular formula is C13H10BrN3O. The third kappa shape index (κ3) is 2.09. The number of ether oxygens (including phenoxy) is 1. The van der Waals surface area contributed by atoms with E-state index in [0.29, 0.717) is 6.61 Å². The number of para-hydroxylation sites is 1. The molecule has 1 aromatic carbocycles. The van der Waals surface area contributed by atoms with E-state index in [1.54, 1.807) is 0 Å². The van der Waals surface area contributed by atoms with Crippen molar-refractivity contribution in [2.24, 2.45) is 0 Å². The maximum atomic E-state index is 5.72. The molecule has 0 aliphatic heterocycles. The van der Waals surface area contributed by atoms with E-state index in [-0.39, 0.29) is 0 Å². The van der Waals surface area contributed by atoms with Gasteiger partial charge in [0.05, 0.1) is 4.47 Å². The predicted octanol–water partition coefficient (Wildman–Crippen LogP) is 3.07. The summed E-state index contributed by atoms with van der Waals surface area (Å²) in [5, 5.41) is 8.19. The highest BCUT2D eigenvalue weighted by molar-refractivity contribution is 9.10. The number of nitrogens with zero attached hydrogens (tertiary/aromatic N) is 3. The number of halogens is 1. The summed E-state index contributed by atoms with van der Waals surface area (Å²) in [6, 6.07) is 13.5. The molecular weight excluding hydrogens is 294 g/mol. The molecule has 0 fully saturated rings. The molecule has 4 nitrogen and oxygen atoms in total. The van der Waals surface area contributed by atoms with Crippen molar-refractivity contribution in [1.29, 1.82) is 0 Å². The van der Waals surface area contributed by atoms with Crippen LogP contribution in [0.3, 0.4) is 0 Å². The highest BCUT2D eigenvalue weighted by atomic mass is 79.9. The SMILES string of the molecule is Brc1ccccc1OCc1nnc2ccccn12. The third-order valence-electron chi connectivity index (χ3n) is 2.58. The molecule has 0 saturated carbocycles. The fraction of sp³-hybridized carbons (Fsp3) is 0.0769. The minimum atomic E-state index is 0.383. The molecule has 3 aromatic rings. The Morgan fingerprint density at radius 2 is 1.89 bits per heavy atom. The molecule has 0 N–H and O–H groups in total. The topological polar surface area (TPSA) is 39.4 Å². The molecule has 18 heavy (non-hydrogen) atoms. The van der Waals surface area contributed by atoms with Gasteiger partial charge in [0.25, 0.3) is 0 Å². The minimum Gasteiger partial charge on any atom is -0.484 e. The van der Waals surface area contributed by atoms with Gasteiger partial charge in [0.2, 0.25) is 0 Å². The Hall–Kier alpha value is -1.88. The van der Waals surface area contributed by atoms with Crippen LogP contribution in [-0.4, -0.2) is 14.6 Å². The maximum absolute atomic E-state index is 5.72. The van der Waals surface area contributed by atoms with Gasteiger partial charge in [0.15, 0.2) is 11.5 Å². The smallest absolute Gasteiger partial charge is 0.175 e. The summed E-state index contributed by atoms with van der Waals surface area (Å²) in [5.74, 6) is 1.58. The van der Waals surface area contributed by atoms with Gasteiger partial charge in [0.1, 0.15) is 12.4 Å². The summed E-state index contributed by atoms with van der Waals surface area (Å²) in [4.78, 5) is 0. The van der Waals surface area contributed by atoms with Crippen LogP contribution in [0.2, 0.25) is 0 Å². The molecule has 0 aliphatic carbocycles. The standard InChI is InChI=1S/C13H10BrN3O/c14-10-5-1-2-6-11(10)18-9-13-16-15-12-7-3-4-8-17(12)13/h1-8H,9H2. The van der Waals surface area contributed by atoms with Gasteiger partial charge in [-0.25, -0.2) is 0 Å². The number of benzene rings is 1. The molecule has 90 valence electrons. The third-order valence-corrected chi connectivity index (χ3v) is 3.23. The van der Waals surface area contributed by atoms with Crippen LogP contribution in [0.5, 0.6) is 5.75 Å². The molecule has 5 heteroatoms. The van der Waals surface area contributed by atoms with Crippen LogP contribution >= 0.6 is 15.9 Å². The molecule has 0 unspecified atom stereocenters. The van der Waals surface area contributed by atoms with Crippen LogP contribution in [0.1, 0.15) is 5.82 Å². The zero-order valence-corrected chi connectivity index (χ0v) is 11.0. The van der Waals surface area contributed by atoms with Crippen LogP contribution in [0.25, 0.3) is 5.65 Å². The van der Waals surface area contributed by atoms with Crippen LogP contribution in [0.15, 0.2) is 53.1 Å². The number of rotatable bonds is 3. The van der Waals surface area contributed by atoms with Gasteiger partial charge < -0.3 is 4.74 Å². The van der Waals surface area contributed by atoms with Crippen molar-refractivity contribution in [2.75, 3.05) is 0 Å². The van der Waals surface area contributed by atoms with Crippen molar-refractivity contribution in [3.8, 4) is 5.75 Å². The summed E-state index contributed by atoms with van der Waals surface area (Å²) in [6.07, 6.45) is 1.92. The molecule has 0 amide bonds. The first-order valence-electron chi connectivity index (χ1n) is 5.50. The van der Waals surface area contributed by atoms with Gasteiger partial charge in [-0.2, -0.15) is 0 Å². The van der Waals surface area contributed by atoms with Gasteiger partial charge >= 0.3 is 0 Å². The van der Waals surface area contributed by atoms with E-state index in [1.165, 1.54) is 0 Å². The fourth-order valence-corrected chi connectivity index (χ4v) is 2.09. The Morgan fingerprint density at radius 1 is 1.06 bits per heavy atom. The fourth-order valence-electron chi connectivity index (χ4n) is 1.69. The van der Waals surface area contributed by atoms with E-state index >= 15 is 0 Å². The molecule has 3 rings (SSSR count). The molecule has 0 bridgehead atoms. The van der Waals surface area contributed by atoms with Gasteiger partial charge in [-0.05, 0) is 40.2 Å². The quantitative estimate of drug-likeness (QED) is 0.746. The number of fused-ring (bicyclic) bond motifs is 1. The average Bonchev–Trinajstić information content (AvgIpc) is 2.81. The number of pyridine rings is 1. The summed E-state index contributed by atoms with van der Waals surface area (Å²) in [6.45, 7) is 0.383. The average molecular weight is 304 g/mol. The van der Waals surface area contributed by atoms with Gasteiger partial charge in [-0.3, -0.25) is 4.40 Å². The molecule has 0 atom stereocenters. The van der Waals surface area contributed by atoms with E-state index in [1.807, 2.05) is 53.1 Å². The van der Waals surface area contributed by atoms with Crippen LogP contribution in [-0.2, 0) is 6.61 Å². The molecule has 0 saturated heterocycles. The van der Waals surface area contributed by atoms with E-state index in [4.69, 9.17) is 4.74 Å².